The molecule has 1 aliphatic rings. The highest BCUT2D eigenvalue weighted by Crippen LogP contribution is 2.24. The molecule has 1 aliphatic heterocycles. The first-order valence-electron chi connectivity index (χ1n) is 4.77. The number of thiazole rings is 1. The number of nitrogens with one attached hydrogen (secondary N) is 1. The van der Waals surface area contributed by atoms with Crippen molar-refractivity contribution in [3.05, 3.63) is 10.5 Å². The largest absolute Gasteiger partial charge is 0.345 e. The lowest BCUT2D eigenvalue weighted by Gasteiger charge is -2.35. The van der Waals surface area contributed by atoms with Crippen molar-refractivity contribution >= 4 is 28.1 Å². The molecule has 1 aromatic rings. The van der Waals surface area contributed by atoms with Crippen molar-refractivity contribution in [3.8, 4) is 0 Å². The zero-order valence-electron chi connectivity index (χ0n) is 8.33. The van der Waals surface area contributed by atoms with E-state index in [9.17, 15) is 0 Å². The first-order valence-corrected chi connectivity index (χ1v) is 6.03. The van der Waals surface area contributed by atoms with Crippen LogP contribution in [0.4, 0.5) is 5.13 Å². The minimum absolute atomic E-state index is 0.515. The lowest BCUT2D eigenvalue weighted by molar-refractivity contribution is 0.407. The molecule has 14 heavy (non-hydrogen) atoms. The molecule has 0 spiro atoms. The second kappa shape index (κ2) is 4.04. The van der Waals surface area contributed by atoms with Crippen LogP contribution in [0.1, 0.15) is 13.8 Å². The van der Waals surface area contributed by atoms with Crippen LogP contribution in [0.2, 0.25) is 5.15 Å². The van der Waals surface area contributed by atoms with Crippen molar-refractivity contribution in [2.24, 2.45) is 0 Å². The number of rotatable bonds is 1. The number of nitrogens with zero attached hydrogens (tertiary/aromatic N) is 2. The van der Waals surface area contributed by atoms with Crippen molar-refractivity contribution in [2.45, 2.75) is 25.9 Å². The van der Waals surface area contributed by atoms with Crippen LogP contribution in [0.5, 0.6) is 0 Å². The Kier molecular flexibility index (Phi) is 2.95. The van der Waals surface area contributed by atoms with E-state index < -0.39 is 0 Å². The van der Waals surface area contributed by atoms with Gasteiger partial charge in [0.2, 0.25) is 0 Å². The van der Waals surface area contributed by atoms with Gasteiger partial charge in [-0.1, -0.05) is 11.6 Å². The van der Waals surface area contributed by atoms with Crippen molar-refractivity contribution in [3.63, 3.8) is 0 Å². The maximum absolute atomic E-state index is 5.81. The smallest absolute Gasteiger partial charge is 0.186 e. The quantitative estimate of drug-likeness (QED) is 0.801. The third-order valence-electron chi connectivity index (χ3n) is 2.29. The predicted molar refractivity (Wildman–Crippen MR) is 61.4 cm³/mol. The van der Waals surface area contributed by atoms with Gasteiger partial charge in [-0.25, -0.2) is 4.98 Å². The Labute approximate surface area is 93.1 Å². The van der Waals surface area contributed by atoms with E-state index >= 15 is 0 Å². The lowest BCUT2D eigenvalue weighted by Crippen LogP contribution is -2.54. The van der Waals surface area contributed by atoms with E-state index in [0.29, 0.717) is 17.2 Å². The minimum Gasteiger partial charge on any atom is -0.345 e. The Hall–Kier alpha value is -0.320. The Morgan fingerprint density at radius 3 is 2.64 bits per heavy atom. The summed E-state index contributed by atoms with van der Waals surface area (Å²) in [6.07, 6.45) is 0. The molecule has 2 heterocycles. The van der Waals surface area contributed by atoms with Gasteiger partial charge in [0.05, 0.1) is 0 Å². The molecule has 1 saturated heterocycles. The van der Waals surface area contributed by atoms with E-state index in [0.717, 1.165) is 18.2 Å². The van der Waals surface area contributed by atoms with Gasteiger partial charge >= 0.3 is 0 Å². The van der Waals surface area contributed by atoms with Crippen molar-refractivity contribution < 1.29 is 0 Å². The third-order valence-corrected chi connectivity index (χ3v) is 3.52. The standard InChI is InChI=1S/C9H14ClN3S/c1-6-3-13(4-7(2)11-6)9-12-8(10)5-14-9/h5-7,11H,3-4H2,1-2H3. The maximum Gasteiger partial charge on any atom is 0.186 e. The minimum atomic E-state index is 0.515. The molecule has 0 aliphatic carbocycles. The van der Waals surface area contributed by atoms with Crippen LogP contribution in [-0.2, 0) is 0 Å². The van der Waals surface area contributed by atoms with Crippen LogP contribution in [0, 0.1) is 0 Å². The molecule has 3 nitrogen and oxygen atoms in total. The van der Waals surface area contributed by atoms with Crippen LogP contribution in [0.15, 0.2) is 5.38 Å². The summed E-state index contributed by atoms with van der Waals surface area (Å²) in [5.74, 6) is 0. The van der Waals surface area contributed by atoms with Gasteiger partial charge in [0, 0.05) is 30.6 Å². The molecule has 1 fully saturated rings. The molecule has 0 radical (unpaired) electrons. The molecule has 5 heteroatoms. The molecule has 0 bridgehead atoms. The summed E-state index contributed by atoms with van der Waals surface area (Å²) in [6, 6.07) is 1.03. The third kappa shape index (κ3) is 2.19. The first kappa shape index (κ1) is 10.2. The summed E-state index contributed by atoms with van der Waals surface area (Å²) < 4.78 is 0. The SMILES string of the molecule is CC1CN(c2nc(Cl)cs2)CC(C)N1. The van der Waals surface area contributed by atoms with Gasteiger partial charge in [0.15, 0.2) is 5.13 Å². The van der Waals surface area contributed by atoms with Gasteiger partial charge in [-0.2, -0.15) is 0 Å². The molecule has 1 N–H and O–H groups in total. The lowest BCUT2D eigenvalue weighted by atomic mass is 10.2. The summed E-state index contributed by atoms with van der Waals surface area (Å²) in [6.45, 7) is 6.40. The van der Waals surface area contributed by atoms with Crippen molar-refractivity contribution in [2.75, 3.05) is 18.0 Å². The maximum atomic E-state index is 5.81. The summed E-state index contributed by atoms with van der Waals surface area (Å²) in [4.78, 5) is 6.58. The zero-order valence-corrected chi connectivity index (χ0v) is 9.90. The number of piperazine rings is 1. The van der Waals surface area contributed by atoms with Gasteiger partial charge in [-0.15, -0.1) is 11.3 Å². The van der Waals surface area contributed by atoms with Crippen LogP contribution in [-0.4, -0.2) is 30.2 Å². The summed E-state index contributed by atoms with van der Waals surface area (Å²) in [5, 5.41) is 7.01. The Balaban J connectivity index is 2.10. The van der Waals surface area contributed by atoms with Crippen molar-refractivity contribution in [1.82, 2.24) is 10.3 Å². The van der Waals surface area contributed by atoms with E-state index in [1.54, 1.807) is 11.3 Å². The summed E-state index contributed by atoms with van der Waals surface area (Å²) >= 11 is 7.42. The van der Waals surface area contributed by atoms with Crippen LogP contribution < -0.4 is 10.2 Å². The molecule has 0 amide bonds. The summed E-state index contributed by atoms with van der Waals surface area (Å²) in [7, 11) is 0. The monoisotopic (exact) mass is 231 g/mol. The van der Waals surface area contributed by atoms with E-state index in [2.05, 4.69) is 29.0 Å². The fourth-order valence-corrected chi connectivity index (χ4v) is 2.84. The van der Waals surface area contributed by atoms with Gasteiger partial charge in [0.25, 0.3) is 0 Å². The normalized spacial score (nSPS) is 28.1. The fraction of sp³-hybridized carbons (Fsp3) is 0.667. The number of halogens is 1. The van der Waals surface area contributed by atoms with Gasteiger partial charge in [0.1, 0.15) is 5.15 Å². The van der Waals surface area contributed by atoms with Crippen LogP contribution >= 0.6 is 22.9 Å². The topological polar surface area (TPSA) is 28.2 Å². The Morgan fingerprint density at radius 1 is 1.50 bits per heavy atom. The molecular weight excluding hydrogens is 218 g/mol. The van der Waals surface area contributed by atoms with E-state index in [4.69, 9.17) is 11.6 Å². The average Bonchev–Trinajstić information content (AvgIpc) is 2.50. The average molecular weight is 232 g/mol. The second-order valence-electron chi connectivity index (χ2n) is 3.83. The molecule has 0 saturated carbocycles. The number of aromatic nitrogens is 1. The van der Waals surface area contributed by atoms with E-state index in [1.807, 2.05) is 5.38 Å². The Bertz CT molecular complexity index is 305. The number of anilines is 1. The van der Waals surface area contributed by atoms with Crippen LogP contribution in [0.25, 0.3) is 0 Å². The van der Waals surface area contributed by atoms with Crippen LogP contribution in [0.3, 0.4) is 0 Å². The molecule has 0 aromatic carbocycles. The highest BCUT2D eigenvalue weighted by atomic mass is 35.5. The second-order valence-corrected chi connectivity index (χ2v) is 5.05. The van der Waals surface area contributed by atoms with Crippen molar-refractivity contribution in [1.29, 1.82) is 0 Å². The molecule has 78 valence electrons. The molecule has 1 aromatic heterocycles. The molecule has 2 atom stereocenters. The highest BCUT2D eigenvalue weighted by molar-refractivity contribution is 7.14. The molecular formula is C9H14ClN3S. The fourth-order valence-electron chi connectivity index (χ4n) is 1.87. The zero-order chi connectivity index (χ0) is 10.1. The summed E-state index contributed by atoms with van der Waals surface area (Å²) in [5.41, 5.74) is 0. The van der Waals surface area contributed by atoms with E-state index in [1.165, 1.54) is 0 Å². The number of hydrogen-bond donors (Lipinski definition) is 1. The van der Waals surface area contributed by atoms with Gasteiger partial charge in [-0.05, 0) is 13.8 Å². The molecule has 2 rings (SSSR count). The predicted octanol–water partition coefficient (Wildman–Crippen LogP) is 1.98. The number of hydrogen-bond acceptors (Lipinski definition) is 4. The molecule has 2 unspecified atom stereocenters. The van der Waals surface area contributed by atoms with E-state index in [-0.39, 0.29) is 0 Å². The van der Waals surface area contributed by atoms with Gasteiger partial charge < -0.3 is 10.2 Å². The highest BCUT2D eigenvalue weighted by Gasteiger charge is 2.22. The first-order chi connectivity index (χ1) is 6.65. The van der Waals surface area contributed by atoms with Gasteiger partial charge in [-0.3, -0.25) is 0 Å². The Morgan fingerprint density at radius 2 is 2.14 bits per heavy atom.